The van der Waals surface area contributed by atoms with Gasteiger partial charge in [0.1, 0.15) is 11.2 Å². The van der Waals surface area contributed by atoms with Crippen LogP contribution in [0.1, 0.15) is 51.3 Å². The first kappa shape index (κ1) is 34.4. The maximum atomic E-state index is 6.57. The summed E-state index contributed by atoms with van der Waals surface area (Å²) in [5.41, 5.74) is 17.4. The Balaban J connectivity index is 1.23. The Kier molecular flexibility index (Phi) is 7.46. The summed E-state index contributed by atoms with van der Waals surface area (Å²) in [5, 5.41) is 4.71. The molecule has 0 saturated carbocycles. The van der Waals surface area contributed by atoms with Crippen molar-refractivity contribution in [3.8, 4) is 27.9 Å². The van der Waals surface area contributed by atoms with Crippen LogP contribution in [0.4, 0.5) is 17.1 Å². The van der Waals surface area contributed by atoms with Crippen molar-refractivity contribution < 1.29 is 4.42 Å². The van der Waals surface area contributed by atoms with Crippen molar-refractivity contribution in [2.75, 3.05) is 4.90 Å². The lowest BCUT2D eigenvalue weighted by Gasteiger charge is -2.29. The van der Waals surface area contributed by atoms with Gasteiger partial charge in [-0.25, -0.2) is 0 Å². The van der Waals surface area contributed by atoms with Crippen molar-refractivity contribution in [2.45, 2.75) is 45.4 Å². The minimum absolute atomic E-state index is 0.128. The lowest BCUT2D eigenvalue weighted by molar-refractivity contribution is 0.588. The van der Waals surface area contributed by atoms with E-state index in [9.17, 15) is 0 Å². The first-order valence-electron chi connectivity index (χ1n) is 20.4. The molecule has 11 rings (SSSR count). The molecule has 0 N–H and O–H groups in total. The van der Waals surface area contributed by atoms with E-state index in [-0.39, 0.29) is 10.8 Å². The summed E-state index contributed by atoms with van der Waals surface area (Å²) >= 11 is 0. The van der Waals surface area contributed by atoms with Crippen LogP contribution >= 0.6 is 0 Å². The van der Waals surface area contributed by atoms with Crippen LogP contribution in [0.25, 0.3) is 71.7 Å². The maximum Gasteiger partial charge on any atom is 0.137 e. The van der Waals surface area contributed by atoms with E-state index in [1.807, 2.05) is 0 Å². The summed E-state index contributed by atoms with van der Waals surface area (Å²) < 4.78 is 9.09. The molecule has 8 aromatic carbocycles. The largest absolute Gasteiger partial charge is 0.456 e. The number of rotatable bonds is 5. The Labute approximate surface area is 339 Å². The van der Waals surface area contributed by atoms with Gasteiger partial charge >= 0.3 is 0 Å². The van der Waals surface area contributed by atoms with Crippen molar-refractivity contribution in [3.05, 3.63) is 193 Å². The van der Waals surface area contributed by atoms with Crippen LogP contribution in [0, 0.1) is 0 Å². The Morgan fingerprint density at radius 2 is 1.17 bits per heavy atom. The number of fused-ring (bicyclic) bond motifs is 9. The molecular formula is C55H44N2O. The second kappa shape index (κ2) is 12.6. The molecule has 2 heterocycles. The molecule has 10 aromatic rings. The zero-order valence-corrected chi connectivity index (χ0v) is 33.5. The molecule has 1 aliphatic carbocycles. The van der Waals surface area contributed by atoms with Crippen LogP contribution in [0.5, 0.6) is 0 Å². The van der Waals surface area contributed by atoms with E-state index in [0.29, 0.717) is 0 Å². The number of nitrogens with zero attached hydrogens (tertiary/aromatic N) is 2. The first-order valence-corrected chi connectivity index (χ1v) is 20.4. The molecular weight excluding hydrogens is 705 g/mol. The van der Waals surface area contributed by atoms with Gasteiger partial charge in [0.2, 0.25) is 0 Å². The van der Waals surface area contributed by atoms with E-state index in [2.05, 4.69) is 220 Å². The van der Waals surface area contributed by atoms with Crippen molar-refractivity contribution in [3.63, 3.8) is 0 Å². The normalized spacial score (nSPS) is 13.4. The highest BCUT2D eigenvalue weighted by Crippen LogP contribution is 2.54. The molecule has 1 aliphatic rings. The van der Waals surface area contributed by atoms with E-state index < -0.39 is 0 Å². The lowest BCUT2D eigenvalue weighted by Crippen LogP contribution is -2.16. The number of furan rings is 1. The van der Waals surface area contributed by atoms with Crippen LogP contribution in [0.15, 0.2) is 180 Å². The lowest BCUT2D eigenvalue weighted by atomic mass is 9.82. The average Bonchev–Trinajstić information content (AvgIpc) is 3.86. The van der Waals surface area contributed by atoms with Gasteiger partial charge in [-0.3, -0.25) is 0 Å². The summed E-state index contributed by atoms with van der Waals surface area (Å²) in [7, 11) is 0. The number of anilines is 3. The highest BCUT2D eigenvalue weighted by molar-refractivity contribution is 6.15. The van der Waals surface area contributed by atoms with Crippen LogP contribution < -0.4 is 4.90 Å². The van der Waals surface area contributed by atoms with E-state index in [0.717, 1.165) is 38.8 Å². The summed E-state index contributed by atoms with van der Waals surface area (Å²) in [4.78, 5) is 2.48. The van der Waals surface area contributed by atoms with Crippen LogP contribution in [0.3, 0.4) is 0 Å². The zero-order valence-electron chi connectivity index (χ0n) is 33.5. The quantitative estimate of drug-likeness (QED) is 0.175. The van der Waals surface area contributed by atoms with Gasteiger partial charge in [-0.15, -0.1) is 0 Å². The number of hydrogen-bond donors (Lipinski definition) is 0. The number of aromatic nitrogens is 1. The van der Waals surface area contributed by atoms with Crippen molar-refractivity contribution >= 4 is 60.8 Å². The first-order chi connectivity index (χ1) is 28.2. The molecule has 0 atom stereocenters. The molecule has 0 radical (unpaired) electrons. The van der Waals surface area contributed by atoms with Gasteiger partial charge in [0.25, 0.3) is 0 Å². The van der Waals surface area contributed by atoms with Gasteiger partial charge in [-0.1, -0.05) is 162 Å². The Hall–Kier alpha value is -6.84. The summed E-state index contributed by atoms with van der Waals surface area (Å²) in [6, 6.07) is 64.4. The van der Waals surface area contributed by atoms with Gasteiger partial charge in [0.05, 0.1) is 27.8 Å². The molecule has 3 heteroatoms. The fourth-order valence-electron chi connectivity index (χ4n) is 9.76. The standard InChI is InChI=1S/C55H44N2O/c1-54(2,3)45-32-33-50-52(42-20-11-14-25-49(42)58-50)53(45)57-46-23-13-10-18-39(46)40-31-30-38(34-48(40)57)56(37-28-26-36(27-29-37)35-16-7-6-8-17-35)47-24-15-22-44-51(47)41-19-9-12-21-43(41)55(44,4)5/h6-34H,1-5H3. The molecule has 0 aliphatic heterocycles. The van der Waals surface area contributed by atoms with Gasteiger partial charge in [0.15, 0.2) is 0 Å². The van der Waals surface area contributed by atoms with E-state index in [1.165, 1.54) is 66.6 Å². The second-order valence-corrected chi connectivity index (χ2v) is 17.4. The van der Waals surface area contributed by atoms with Gasteiger partial charge in [0, 0.05) is 38.5 Å². The highest BCUT2D eigenvalue weighted by Gasteiger charge is 2.38. The van der Waals surface area contributed by atoms with E-state index in [4.69, 9.17) is 4.42 Å². The monoisotopic (exact) mass is 748 g/mol. The van der Waals surface area contributed by atoms with Crippen LogP contribution in [0.2, 0.25) is 0 Å². The molecule has 0 spiro atoms. The maximum absolute atomic E-state index is 6.57. The van der Waals surface area contributed by atoms with E-state index in [1.54, 1.807) is 0 Å². The van der Waals surface area contributed by atoms with Crippen LogP contribution in [-0.4, -0.2) is 4.57 Å². The fraction of sp³-hybridized carbons (Fsp3) is 0.127. The average molecular weight is 749 g/mol. The summed E-state index contributed by atoms with van der Waals surface area (Å²) in [6.07, 6.45) is 0. The molecule has 0 amide bonds. The predicted octanol–water partition coefficient (Wildman–Crippen LogP) is 15.4. The fourth-order valence-corrected chi connectivity index (χ4v) is 9.76. The topological polar surface area (TPSA) is 21.3 Å². The molecule has 0 unspecified atom stereocenters. The Morgan fingerprint density at radius 1 is 0.517 bits per heavy atom. The molecule has 2 aromatic heterocycles. The zero-order chi connectivity index (χ0) is 39.3. The predicted molar refractivity (Wildman–Crippen MR) is 244 cm³/mol. The molecule has 3 nitrogen and oxygen atoms in total. The van der Waals surface area contributed by atoms with Gasteiger partial charge < -0.3 is 13.9 Å². The third-order valence-electron chi connectivity index (χ3n) is 12.5. The Bertz CT molecular complexity index is 3230. The molecule has 0 bridgehead atoms. The van der Waals surface area contributed by atoms with Crippen molar-refractivity contribution in [1.82, 2.24) is 4.57 Å². The van der Waals surface area contributed by atoms with Crippen molar-refractivity contribution in [2.24, 2.45) is 0 Å². The number of hydrogen-bond acceptors (Lipinski definition) is 2. The smallest absolute Gasteiger partial charge is 0.137 e. The van der Waals surface area contributed by atoms with Gasteiger partial charge in [-0.2, -0.15) is 0 Å². The third kappa shape index (κ3) is 5.06. The molecule has 0 saturated heterocycles. The van der Waals surface area contributed by atoms with Crippen LogP contribution in [-0.2, 0) is 10.8 Å². The second-order valence-electron chi connectivity index (χ2n) is 17.4. The minimum Gasteiger partial charge on any atom is -0.456 e. The number of benzene rings is 8. The summed E-state index contributed by atoms with van der Waals surface area (Å²) in [5.74, 6) is 0. The number of para-hydroxylation sites is 2. The molecule has 58 heavy (non-hydrogen) atoms. The molecule has 280 valence electrons. The van der Waals surface area contributed by atoms with Gasteiger partial charge in [-0.05, 0) is 87.3 Å². The molecule has 0 fully saturated rings. The minimum atomic E-state index is -0.144. The summed E-state index contributed by atoms with van der Waals surface area (Å²) in [6.45, 7) is 11.7. The highest BCUT2D eigenvalue weighted by atomic mass is 16.3. The SMILES string of the molecule is CC(C)(C)c1ccc2oc3ccccc3c2c1-n1c2ccccc2c2ccc(N(c3ccc(-c4ccccc4)cc3)c3cccc4c3-c3ccccc3C4(C)C)cc21. The Morgan fingerprint density at radius 3 is 1.98 bits per heavy atom. The van der Waals surface area contributed by atoms with E-state index >= 15 is 0 Å². The van der Waals surface area contributed by atoms with Crippen molar-refractivity contribution in [1.29, 1.82) is 0 Å². The third-order valence-corrected chi connectivity index (χ3v) is 12.5.